The summed E-state index contributed by atoms with van der Waals surface area (Å²) in [5, 5.41) is 3.49. The molecule has 0 saturated heterocycles. The van der Waals surface area contributed by atoms with E-state index < -0.39 is 0 Å². The first-order valence-electron chi connectivity index (χ1n) is 8.43. The average molecular weight is 323 g/mol. The summed E-state index contributed by atoms with van der Waals surface area (Å²) in [5.41, 5.74) is 6.18. The minimum atomic E-state index is 0.861. The summed E-state index contributed by atoms with van der Waals surface area (Å²) < 4.78 is 7.50. The lowest BCUT2D eigenvalue weighted by Gasteiger charge is -2.08. The van der Waals surface area contributed by atoms with E-state index in [0.29, 0.717) is 0 Å². The van der Waals surface area contributed by atoms with E-state index in [1.54, 1.807) is 7.11 Å². The lowest BCUT2D eigenvalue weighted by atomic mass is 10.1. The second-order valence-electron chi connectivity index (χ2n) is 6.25. The number of aryl methyl sites for hydroxylation is 3. The van der Waals surface area contributed by atoms with Crippen molar-refractivity contribution in [2.45, 2.75) is 33.4 Å². The second-order valence-corrected chi connectivity index (χ2v) is 6.25. The van der Waals surface area contributed by atoms with Crippen LogP contribution in [0.5, 0.6) is 5.75 Å². The Labute approximate surface area is 143 Å². The Morgan fingerprint density at radius 2 is 1.96 bits per heavy atom. The molecule has 4 nitrogen and oxygen atoms in total. The first kappa shape index (κ1) is 16.5. The van der Waals surface area contributed by atoms with Crippen molar-refractivity contribution < 1.29 is 4.74 Å². The molecule has 0 spiro atoms. The monoisotopic (exact) mass is 323 g/mol. The molecule has 0 unspecified atom stereocenters. The van der Waals surface area contributed by atoms with Gasteiger partial charge in [0.05, 0.1) is 24.5 Å². The van der Waals surface area contributed by atoms with Gasteiger partial charge in [-0.15, -0.1) is 0 Å². The third kappa shape index (κ3) is 3.77. The molecule has 4 heteroatoms. The molecule has 24 heavy (non-hydrogen) atoms. The number of nitrogens with one attached hydrogen (secondary N) is 1. The maximum absolute atomic E-state index is 5.25. The van der Waals surface area contributed by atoms with Crippen molar-refractivity contribution in [2.75, 3.05) is 13.7 Å². The summed E-state index contributed by atoms with van der Waals surface area (Å²) in [7, 11) is 1.70. The first-order valence-corrected chi connectivity index (χ1v) is 8.43. The summed E-state index contributed by atoms with van der Waals surface area (Å²) >= 11 is 0. The molecule has 0 aliphatic carbocycles. The van der Waals surface area contributed by atoms with Crippen molar-refractivity contribution >= 4 is 11.0 Å². The van der Waals surface area contributed by atoms with Crippen molar-refractivity contribution in [3.8, 4) is 5.75 Å². The van der Waals surface area contributed by atoms with E-state index in [-0.39, 0.29) is 0 Å². The SMILES string of the molecule is COc1cccc(CNCCCn2cnc3cc(C)c(C)cc32)c1. The van der Waals surface area contributed by atoms with Gasteiger partial charge in [0, 0.05) is 13.1 Å². The van der Waals surface area contributed by atoms with Crippen LogP contribution in [0.4, 0.5) is 0 Å². The zero-order valence-corrected chi connectivity index (χ0v) is 14.7. The third-order valence-corrected chi connectivity index (χ3v) is 4.45. The molecular formula is C20H25N3O. The molecule has 2 aromatic carbocycles. The van der Waals surface area contributed by atoms with Gasteiger partial charge in [0.25, 0.3) is 0 Å². The van der Waals surface area contributed by atoms with Gasteiger partial charge >= 0.3 is 0 Å². The maximum atomic E-state index is 5.25. The number of rotatable bonds is 7. The van der Waals surface area contributed by atoms with Crippen LogP contribution < -0.4 is 10.1 Å². The number of benzene rings is 2. The second kappa shape index (κ2) is 7.49. The number of nitrogens with zero attached hydrogens (tertiary/aromatic N) is 2. The van der Waals surface area contributed by atoms with Crippen LogP contribution in [-0.2, 0) is 13.1 Å². The smallest absolute Gasteiger partial charge is 0.119 e. The summed E-state index contributed by atoms with van der Waals surface area (Å²) in [4.78, 5) is 4.51. The molecule has 0 saturated carbocycles. The van der Waals surface area contributed by atoms with Gasteiger partial charge in [0.15, 0.2) is 0 Å². The summed E-state index contributed by atoms with van der Waals surface area (Å²) in [6, 6.07) is 12.6. The van der Waals surface area contributed by atoms with Crippen LogP contribution in [0.3, 0.4) is 0 Å². The van der Waals surface area contributed by atoms with Crippen LogP contribution in [0.2, 0.25) is 0 Å². The van der Waals surface area contributed by atoms with Gasteiger partial charge in [-0.2, -0.15) is 0 Å². The number of hydrogen-bond donors (Lipinski definition) is 1. The maximum Gasteiger partial charge on any atom is 0.119 e. The van der Waals surface area contributed by atoms with Crippen LogP contribution in [0, 0.1) is 13.8 Å². The number of ether oxygens (including phenoxy) is 1. The minimum absolute atomic E-state index is 0.861. The van der Waals surface area contributed by atoms with E-state index in [9.17, 15) is 0 Å². The molecule has 1 heterocycles. The van der Waals surface area contributed by atoms with Crippen LogP contribution in [0.1, 0.15) is 23.1 Å². The summed E-state index contributed by atoms with van der Waals surface area (Å²) in [6.45, 7) is 7.10. The molecule has 1 N–H and O–H groups in total. The van der Waals surface area contributed by atoms with Crippen LogP contribution >= 0.6 is 0 Å². The van der Waals surface area contributed by atoms with Gasteiger partial charge in [0.2, 0.25) is 0 Å². The molecule has 0 fully saturated rings. The number of fused-ring (bicyclic) bond motifs is 1. The Balaban J connectivity index is 1.51. The quantitative estimate of drug-likeness (QED) is 0.671. The molecule has 0 radical (unpaired) electrons. The molecule has 0 bridgehead atoms. The number of imidazole rings is 1. The summed E-state index contributed by atoms with van der Waals surface area (Å²) in [6.07, 6.45) is 3.02. The van der Waals surface area contributed by atoms with Gasteiger partial charge in [-0.05, 0) is 67.8 Å². The minimum Gasteiger partial charge on any atom is -0.497 e. The van der Waals surface area contributed by atoms with E-state index in [1.165, 1.54) is 22.2 Å². The van der Waals surface area contributed by atoms with Gasteiger partial charge in [-0.3, -0.25) is 0 Å². The fourth-order valence-corrected chi connectivity index (χ4v) is 2.88. The van der Waals surface area contributed by atoms with Crippen molar-refractivity contribution in [3.63, 3.8) is 0 Å². The normalized spacial score (nSPS) is 11.1. The van der Waals surface area contributed by atoms with Gasteiger partial charge < -0.3 is 14.6 Å². The number of hydrogen-bond acceptors (Lipinski definition) is 3. The van der Waals surface area contributed by atoms with Crippen LogP contribution in [0.15, 0.2) is 42.7 Å². The molecule has 0 aliphatic rings. The molecule has 3 rings (SSSR count). The Bertz CT molecular complexity index is 823. The van der Waals surface area contributed by atoms with E-state index >= 15 is 0 Å². The van der Waals surface area contributed by atoms with Crippen molar-refractivity contribution in [1.82, 2.24) is 14.9 Å². The highest BCUT2D eigenvalue weighted by atomic mass is 16.5. The molecule has 0 amide bonds. The van der Waals surface area contributed by atoms with Gasteiger partial charge in [0.1, 0.15) is 5.75 Å². The van der Waals surface area contributed by atoms with Crippen LogP contribution in [-0.4, -0.2) is 23.2 Å². The topological polar surface area (TPSA) is 39.1 Å². The zero-order chi connectivity index (χ0) is 16.9. The molecule has 3 aromatic rings. The molecule has 1 aromatic heterocycles. The molecule has 0 atom stereocenters. The average Bonchev–Trinajstić information content (AvgIpc) is 2.97. The predicted molar refractivity (Wildman–Crippen MR) is 98.5 cm³/mol. The van der Waals surface area contributed by atoms with E-state index in [1.807, 2.05) is 18.5 Å². The van der Waals surface area contributed by atoms with Gasteiger partial charge in [-0.25, -0.2) is 4.98 Å². The third-order valence-electron chi connectivity index (χ3n) is 4.45. The Hall–Kier alpha value is -2.33. The Morgan fingerprint density at radius 3 is 2.79 bits per heavy atom. The highest BCUT2D eigenvalue weighted by Gasteiger charge is 2.04. The Kier molecular flexibility index (Phi) is 5.16. The lowest BCUT2D eigenvalue weighted by molar-refractivity contribution is 0.414. The first-order chi connectivity index (χ1) is 11.7. The fourth-order valence-electron chi connectivity index (χ4n) is 2.88. The largest absolute Gasteiger partial charge is 0.497 e. The molecular weight excluding hydrogens is 298 g/mol. The zero-order valence-electron chi connectivity index (χ0n) is 14.7. The van der Waals surface area contributed by atoms with Crippen molar-refractivity contribution in [3.05, 3.63) is 59.4 Å². The van der Waals surface area contributed by atoms with Gasteiger partial charge in [-0.1, -0.05) is 12.1 Å². The highest BCUT2D eigenvalue weighted by Crippen LogP contribution is 2.18. The summed E-state index contributed by atoms with van der Waals surface area (Å²) in [5.74, 6) is 0.907. The number of aromatic nitrogens is 2. The number of methoxy groups -OCH3 is 1. The van der Waals surface area contributed by atoms with Crippen LogP contribution in [0.25, 0.3) is 11.0 Å². The van der Waals surface area contributed by atoms with Crippen molar-refractivity contribution in [2.24, 2.45) is 0 Å². The predicted octanol–water partition coefficient (Wildman–Crippen LogP) is 3.84. The Morgan fingerprint density at radius 1 is 1.12 bits per heavy atom. The van der Waals surface area contributed by atoms with E-state index in [0.717, 1.165) is 37.3 Å². The van der Waals surface area contributed by atoms with E-state index in [4.69, 9.17) is 4.74 Å². The molecule has 0 aliphatic heterocycles. The highest BCUT2D eigenvalue weighted by molar-refractivity contribution is 5.77. The lowest BCUT2D eigenvalue weighted by Crippen LogP contribution is -2.16. The van der Waals surface area contributed by atoms with Crippen molar-refractivity contribution in [1.29, 1.82) is 0 Å². The fraction of sp³-hybridized carbons (Fsp3) is 0.350. The molecule has 126 valence electrons. The standard InChI is InChI=1S/C20H25N3O/c1-15-10-19-20(11-16(15)2)23(14-22-19)9-5-8-21-13-17-6-4-7-18(12-17)24-3/h4,6-7,10-12,14,21H,5,8-9,13H2,1-3H3. The van der Waals surface area contributed by atoms with E-state index in [2.05, 4.69) is 53.0 Å².